The molecule has 0 saturated heterocycles. The van der Waals surface area contributed by atoms with Crippen molar-refractivity contribution in [2.75, 3.05) is 0 Å². The van der Waals surface area contributed by atoms with Gasteiger partial charge in [-0.15, -0.1) is 0 Å². The molecule has 94 valence electrons. The lowest BCUT2D eigenvalue weighted by molar-refractivity contribution is 0.0880. The zero-order valence-corrected chi connectivity index (χ0v) is 10.2. The molecule has 1 heterocycles. The summed E-state index contributed by atoms with van der Waals surface area (Å²) >= 11 is 0. The Bertz CT molecular complexity index is 387. The highest BCUT2D eigenvalue weighted by atomic mass is 16.4. The number of hydrogen-bond donors (Lipinski definition) is 2. The van der Waals surface area contributed by atoms with Gasteiger partial charge in [0.25, 0.3) is 5.91 Å². The Morgan fingerprint density at radius 1 is 1.47 bits per heavy atom. The molecule has 3 N–H and O–H groups in total. The van der Waals surface area contributed by atoms with Crippen LogP contribution in [-0.4, -0.2) is 11.9 Å². The van der Waals surface area contributed by atoms with E-state index in [0.717, 1.165) is 6.42 Å². The van der Waals surface area contributed by atoms with Crippen molar-refractivity contribution in [1.82, 2.24) is 5.32 Å². The summed E-state index contributed by atoms with van der Waals surface area (Å²) in [5.74, 6) is 1.44. The predicted molar refractivity (Wildman–Crippen MR) is 65.5 cm³/mol. The molecule has 2 atom stereocenters. The molecule has 2 rings (SSSR count). The third kappa shape index (κ3) is 2.88. The van der Waals surface area contributed by atoms with Crippen molar-refractivity contribution < 1.29 is 9.21 Å². The van der Waals surface area contributed by atoms with Gasteiger partial charge in [-0.2, -0.15) is 0 Å². The lowest BCUT2D eigenvalue weighted by atomic mass is 9.86. The van der Waals surface area contributed by atoms with Crippen molar-refractivity contribution in [3.63, 3.8) is 0 Å². The number of nitrogens with one attached hydrogen (secondary N) is 1. The van der Waals surface area contributed by atoms with Crippen molar-refractivity contribution in [2.45, 2.75) is 45.2 Å². The SMILES string of the molecule is CC1CCCCC1NC(=O)c1ccc(CN)o1. The van der Waals surface area contributed by atoms with Gasteiger partial charge in [-0.25, -0.2) is 0 Å². The zero-order valence-electron chi connectivity index (χ0n) is 10.2. The summed E-state index contributed by atoms with van der Waals surface area (Å²) in [6.07, 6.45) is 4.72. The Kier molecular flexibility index (Phi) is 3.84. The van der Waals surface area contributed by atoms with E-state index >= 15 is 0 Å². The number of rotatable bonds is 3. The van der Waals surface area contributed by atoms with Crippen LogP contribution in [0, 0.1) is 5.92 Å². The first-order chi connectivity index (χ1) is 8.20. The van der Waals surface area contributed by atoms with Crippen LogP contribution in [0.4, 0.5) is 0 Å². The molecule has 1 aromatic heterocycles. The van der Waals surface area contributed by atoms with E-state index in [1.165, 1.54) is 19.3 Å². The molecule has 4 heteroatoms. The van der Waals surface area contributed by atoms with Crippen LogP contribution >= 0.6 is 0 Å². The number of furan rings is 1. The smallest absolute Gasteiger partial charge is 0.287 e. The van der Waals surface area contributed by atoms with Crippen molar-refractivity contribution in [3.8, 4) is 0 Å². The fourth-order valence-electron chi connectivity index (χ4n) is 2.38. The molecule has 0 spiro atoms. The number of nitrogens with two attached hydrogens (primary N) is 1. The maximum Gasteiger partial charge on any atom is 0.287 e. The summed E-state index contributed by atoms with van der Waals surface area (Å²) in [5, 5.41) is 3.05. The lowest BCUT2D eigenvalue weighted by Crippen LogP contribution is -2.40. The van der Waals surface area contributed by atoms with Gasteiger partial charge in [-0.05, 0) is 30.9 Å². The molecular formula is C13H20N2O2. The summed E-state index contributed by atoms with van der Waals surface area (Å²) in [5.41, 5.74) is 5.44. The molecule has 0 radical (unpaired) electrons. The molecular weight excluding hydrogens is 216 g/mol. The highest BCUT2D eigenvalue weighted by Gasteiger charge is 2.24. The molecule has 1 aliphatic rings. The minimum Gasteiger partial charge on any atom is -0.455 e. The van der Waals surface area contributed by atoms with Gasteiger partial charge in [-0.1, -0.05) is 19.8 Å². The van der Waals surface area contributed by atoms with Crippen LogP contribution in [0.2, 0.25) is 0 Å². The molecule has 0 aromatic carbocycles. The number of hydrogen-bond acceptors (Lipinski definition) is 3. The van der Waals surface area contributed by atoms with Crippen LogP contribution in [0.15, 0.2) is 16.5 Å². The lowest BCUT2D eigenvalue weighted by Gasteiger charge is -2.29. The third-order valence-corrected chi connectivity index (χ3v) is 3.51. The molecule has 17 heavy (non-hydrogen) atoms. The van der Waals surface area contributed by atoms with Crippen LogP contribution in [-0.2, 0) is 6.54 Å². The number of amides is 1. The number of carbonyl (C=O) groups excluding carboxylic acids is 1. The van der Waals surface area contributed by atoms with Gasteiger partial charge >= 0.3 is 0 Å². The first-order valence-electron chi connectivity index (χ1n) is 6.30. The minimum absolute atomic E-state index is 0.122. The summed E-state index contributed by atoms with van der Waals surface area (Å²) < 4.78 is 5.33. The summed E-state index contributed by atoms with van der Waals surface area (Å²) in [6, 6.07) is 3.72. The van der Waals surface area contributed by atoms with Crippen LogP contribution < -0.4 is 11.1 Å². The topological polar surface area (TPSA) is 68.3 Å². The van der Waals surface area contributed by atoms with Gasteiger partial charge in [-0.3, -0.25) is 4.79 Å². The summed E-state index contributed by atoms with van der Waals surface area (Å²) in [4.78, 5) is 11.9. The Labute approximate surface area is 102 Å². The molecule has 1 saturated carbocycles. The predicted octanol–water partition coefficient (Wildman–Crippen LogP) is 2.05. The van der Waals surface area contributed by atoms with Crippen molar-refractivity contribution in [3.05, 3.63) is 23.7 Å². The second-order valence-electron chi connectivity index (χ2n) is 4.81. The molecule has 1 amide bonds. The Morgan fingerprint density at radius 2 is 2.24 bits per heavy atom. The van der Waals surface area contributed by atoms with Gasteiger partial charge in [0.15, 0.2) is 5.76 Å². The minimum atomic E-state index is -0.122. The average Bonchev–Trinajstić information content (AvgIpc) is 2.81. The average molecular weight is 236 g/mol. The molecule has 4 nitrogen and oxygen atoms in total. The highest BCUT2D eigenvalue weighted by molar-refractivity contribution is 5.91. The molecule has 2 unspecified atom stereocenters. The Balaban J connectivity index is 1.96. The maximum atomic E-state index is 11.9. The van der Waals surface area contributed by atoms with Gasteiger partial charge in [0.2, 0.25) is 0 Å². The van der Waals surface area contributed by atoms with E-state index in [1.54, 1.807) is 12.1 Å². The zero-order chi connectivity index (χ0) is 12.3. The molecule has 1 aliphatic carbocycles. The van der Waals surface area contributed by atoms with Gasteiger partial charge in [0.05, 0.1) is 6.54 Å². The first-order valence-corrected chi connectivity index (χ1v) is 6.30. The van der Waals surface area contributed by atoms with E-state index in [4.69, 9.17) is 10.2 Å². The summed E-state index contributed by atoms with van der Waals surface area (Å²) in [6.45, 7) is 2.52. The van der Waals surface area contributed by atoms with Crippen LogP contribution in [0.5, 0.6) is 0 Å². The van der Waals surface area contributed by atoms with Gasteiger partial charge in [0.1, 0.15) is 5.76 Å². The fraction of sp³-hybridized carbons (Fsp3) is 0.615. The number of carbonyl (C=O) groups is 1. The maximum absolute atomic E-state index is 11.9. The Morgan fingerprint density at radius 3 is 2.88 bits per heavy atom. The van der Waals surface area contributed by atoms with E-state index in [9.17, 15) is 4.79 Å². The fourth-order valence-corrected chi connectivity index (χ4v) is 2.38. The van der Waals surface area contributed by atoms with Crippen LogP contribution in [0.25, 0.3) is 0 Å². The molecule has 0 aliphatic heterocycles. The van der Waals surface area contributed by atoms with E-state index in [-0.39, 0.29) is 11.9 Å². The normalized spacial score (nSPS) is 24.6. The highest BCUT2D eigenvalue weighted by Crippen LogP contribution is 2.24. The van der Waals surface area contributed by atoms with E-state index in [0.29, 0.717) is 24.0 Å². The second kappa shape index (κ2) is 5.36. The first kappa shape index (κ1) is 12.2. The van der Waals surface area contributed by atoms with Crippen molar-refractivity contribution >= 4 is 5.91 Å². The third-order valence-electron chi connectivity index (χ3n) is 3.51. The van der Waals surface area contributed by atoms with E-state index in [2.05, 4.69) is 12.2 Å². The van der Waals surface area contributed by atoms with Crippen molar-refractivity contribution in [2.24, 2.45) is 11.7 Å². The Hall–Kier alpha value is -1.29. The monoisotopic (exact) mass is 236 g/mol. The standard InChI is InChI=1S/C13H20N2O2/c1-9-4-2-3-5-11(9)15-13(16)12-7-6-10(8-14)17-12/h6-7,9,11H,2-5,8,14H2,1H3,(H,15,16). The van der Waals surface area contributed by atoms with E-state index in [1.807, 2.05) is 0 Å². The van der Waals surface area contributed by atoms with Gasteiger partial charge in [0, 0.05) is 6.04 Å². The van der Waals surface area contributed by atoms with E-state index < -0.39 is 0 Å². The van der Waals surface area contributed by atoms with Crippen LogP contribution in [0.3, 0.4) is 0 Å². The second-order valence-corrected chi connectivity index (χ2v) is 4.81. The molecule has 1 aromatic rings. The van der Waals surface area contributed by atoms with Crippen molar-refractivity contribution in [1.29, 1.82) is 0 Å². The van der Waals surface area contributed by atoms with Gasteiger partial charge < -0.3 is 15.5 Å². The van der Waals surface area contributed by atoms with Crippen LogP contribution in [0.1, 0.15) is 48.9 Å². The molecule has 0 bridgehead atoms. The molecule has 1 fully saturated rings. The summed E-state index contributed by atoms with van der Waals surface area (Å²) in [7, 11) is 0. The largest absolute Gasteiger partial charge is 0.455 e. The quantitative estimate of drug-likeness (QED) is 0.844.